The second-order valence-corrected chi connectivity index (χ2v) is 6.71. The normalized spacial score (nSPS) is 24.1. The average molecular weight is 281 g/mol. The van der Waals surface area contributed by atoms with E-state index < -0.39 is 0 Å². The largest absolute Gasteiger partial charge is 0.396 e. The number of aliphatic imine (C=N–C) groups is 1. The van der Waals surface area contributed by atoms with Gasteiger partial charge < -0.3 is 15.3 Å². The Bertz CT molecular complexity index is 324. The van der Waals surface area contributed by atoms with E-state index in [0.717, 1.165) is 19.0 Å². The Kier molecular flexibility index (Phi) is 5.70. The van der Waals surface area contributed by atoms with Crippen LogP contribution in [0.5, 0.6) is 0 Å². The highest BCUT2D eigenvalue weighted by Crippen LogP contribution is 2.43. The number of nitrogens with one attached hydrogen (secondary N) is 1. The summed E-state index contributed by atoms with van der Waals surface area (Å²) in [6.07, 6.45) is 8.36. The molecule has 1 aliphatic carbocycles. The van der Waals surface area contributed by atoms with E-state index in [9.17, 15) is 0 Å². The molecule has 0 aromatic carbocycles. The molecule has 0 radical (unpaired) electrons. The smallest absolute Gasteiger partial charge is 0.193 e. The topological polar surface area (TPSA) is 47.9 Å². The predicted molar refractivity (Wildman–Crippen MR) is 83.9 cm³/mol. The minimum absolute atomic E-state index is 0.215. The molecule has 1 spiro atoms. The molecule has 2 rings (SSSR count). The van der Waals surface area contributed by atoms with Crippen molar-refractivity contribution in [1.29, 1.82) is 0 Å². The molecule has 4 heteroatoms. The molecule has 0 aromatic rings. The Balaban J connectivity index is 1.96. The lowest BCUT2D eigenvalue weighted by atomic mass is 9.73. The predicted octanol–water partition coefficient (Wildman–Crippen LogP) is 2.24. The molecule has 0 aromatic heterocycles. The van der Waals surface area contributed by atoms with Gasteiger partial charge in [-0.15, -0.1) is 0 Å². The van der Waals surface area contributed by atoms with Crippen LogP contribution in [0.3, 0.4) is 0 Å². The van der Waals surface area contributed by atoms with Crippen molar-refractivity contribution in [2.24, 2.45) is 16.3 Å². The zero-order valence-corrected chi connectivity index (χ0v) is 13.2. The second kappa shape index (κ2) is 7.30. The van der Waals surface area contributed by atoms with Gasteiger partial charge in [-0.2, -0.15) is 0 Å². The van der Waals surface area contributed by atoms with Crippen molar-refractivity contribution in [2.45, 2.75) is 52.4 Å². The van der Waals surface area contributed by atoms with E-state index in [1.165, 1.54) is 45.1 Å². The molecule has 0 bridgehead atoms. The quantitative estimate of drug-likeness (QED) is 0.614. The van der Waals surface area contributed by atoms with E-state index in [1.54, 1.807) is 0 Å². The van der Waals surface area contributed by atoms with Gasteiger partial charge in [0.2, 0.25) is 0 Å². The monoisotopic (exact) mass is 281 g/mol. The number of aliphatic hydroxyl groups is 1. The fourth-order valence-corrected chi connectivity index (χ4v) is 3.55. The highest BCUT2D eigenvalue weighted by Gasteiger charge is 2.39. The number of nitrogens with zero attached hydrogens (tertiary/aromatic N) is 2. The molecule has 1 saturated carbocycles. The molecule has 2 aliphatic rings. The number of hydrogen-bond donors (Lipinski definition) is 2. The highest BCUT2D eigenvalue weighted by atomic mass is 16.3. The third-order valence-electron chi connectivity index (χ3n) is 4.85. The lowest BCUT2D eigenvalue weighted by Gasteiger charge is -2.33. The lowest BCUT2D eigenvalue weighted by molar-refractivity contribution is 0.203. The van der Waals surface area contributed by atoms with Gasteiger partial charge in [0, 0.05) is 32.8 Å². The fraction of sp³-hybridized carbons (Fsp3) is 0.938. The maximum Gasteiger partial charge on any atom is 0.193 e. The minimum Gasteiger partial charge on any atom is -0.396 e. The van der Waals surface area contributed by atoms with Crippen LogP contribution < -0.4 is 5.32 Å². The van der Waals surface area contributed by atoms with Gasteiger partial charge in [-0.05, 0) is 37.5 Å². The Hall–Kier alpha value is -0.770. The Morgan fingerprint density at radius 3 is 2.70 bits per heavy atom. The van der Waals surface area contributed by atoms with Crippen LogP contribution in [0, 0.1) is 11.3 Å². The number of guanidine groups is 1. The highest BCUT2D eigenvalue weighted by molar-refractivity contribution is 5.80. The molecule has 2 N–H and O–H groups in total. The van der Waals surface area contributed by atoms with Crippen LogP contribution in [-0.4, -0.2) is 48.8 Å². The van der Waals surface area contributed by atoms with Crippen LogP contribution in [0.25, 0.3) is 0 Å². The molecule has 20 heavy (non-hydrogen) atoms. The van der Waals surface area contributed by atoms with Crippen LogP contribution >= 0.6 is 0 Å². The molecule has 1 unspecified atom stereocenters. The fourth-order valence-electron chi connectivity index (χ4n) is 3.55. The summed E-state index contributed by atoms with van der Waals surface area (Å²) in [5.41, 5.74) is 0.567. The van der Waals surface area contributed by atoms with Crippen LogP contribution in [0.15, 0.2) is 4.99 Å². The maximum absolute atomic E-state index is 9.14. The van der Waals surface area contributed by atoms with Crippen molar-refractivity contribution in [1.82, 2.24) is 10.2 Å². The first-order chi connectivity index (χ1) is 9.69. The first-order valence-electron chi connectivity index (χ1n) is 8.33. The Morgan fingerprint density at radius 2 is 2.05 bits per heavy atom. The molecule has 1 heterocycles. The number of aliphatic hydroxyl groups excluding tert-OH is 1. The molecule has 2 fully saturated rings. The molecular formula is C16H31N3O. The van der Waals surface area contributed by atoms with E-state index in [2.05, 4.69) is 17.1 Å². The average Bonchev–Trinajstić information content (AvgIpc) is 2.87. The molecule has 0 amide bonds. The van der Waals surface area contributed by atoms with Gasteiger partial charge in [-0.25, -0.2) is 0 Å². The SMILES string of the molecule is CCNC(=NCC(C)CO)N1CCC2(CCCCC2)C1. The van der Waals surface area contributed by atoms with E-state index in [4.69, 9.17) is 10.1 Å². The van der Waals surface area contributed by atoms with Gasteiger partial charge in [0.1, 0.15) is 0 Å². The summed E-state index contributed by atoms with van der Waals surface area (Å²) >= 11 is 0. The zero-order valence-electron chi connectivity index (χ0n) is 13.2. The molecular weight excluding hydrogens is 250 g/mol. The zero-order chi connectivity index (χ0) is 14.4. The number of rotatable bonds is 4. The van der Waals surface area contributed by atoms with E-state index in [-0.39, 0.29) is 12.5 Å². The van der Waals surface area contributed by atoms with Gasteiger partial charge in [0.05, 0.1) is 0 Å². The first-order valence-corrected chi connectivity index (χ1v) is 8.33. The number of hydrogen-bond acceptors (Lipinski definition) is 2. The number of likely N-dealkylation sites (tertiary alicyclic amines) is 1. The van der Waals surface area contributed by atoms with Crippen molar-refractivity contribution in [3.63, 3.8) is 0 Å². The first kappa shape index (κ1) is 15.6. The molecule has 116 valence electrons. The Morgan fingerprint density at radius 1 is 1.30 bits per heavy atom. The van der Waals surface area contributed by atoms with Crippen molar-refractivity contribution in [3.05, 3.63) is 0 Å². The van der Waals surface area contributed by atoms with Crippen LogP contribution in [-0.2, 0) is 0 Å². The van der Waals surface area contributed by atoms with Gasteiger partial charge in [-0.3, -0.25) is 4.99 Å². The summed E-state index contributed by atoms with van der Waals surface area (Å²) in [5, 5.41) is 12.6. The van der Waals surface area contributed by atoms with Gasteiger partial charge >= 0.3 is 0 Å². The van der Waals surface area contributed by atoms with Crippen LogP contribution in [0.1, 0.15) is 52.4 Å². The summed E-state index contributed by atoms with van der Waals surface area (Å²) in [7, 11) is 0. The summed E-state index contributed by atoms with van der Waals surface area (Å²) < 4.78 is 0. The Labute approximate surface area is 123 Å². The standard InChI is InChI=1S/C16H31N3O/c1-3-17-15(18-11-14(2)12-20)19-10-9-16(13-19)7-5-4-6-8-16/h14,20H,3-13H2,1-2H3,(H,17,18). The molecule has 1 aliphatic heterocycles. The second-order valence-electron chi connectivity index (χ2n) is 6.71. The van der Waals surface area contributed by atoms with Crippen LogP contribution in [0.4, 0.5) is 0 Å². The summed E-state index contributed by atoms with van der Waals surface area (Å²) in [5.74, 6) is 1.30. The lowest BCUT2D eigenvalue weighted by Crippen LogP contribution is -2.42. The van der Waals surface area contributed by atoms with E-state index in [0.29, 0.717) is 12.0 Å². The summed E-state index contributed by atoms with van der Waals surface area (Å²) in [6, 6.07) is 0. The summed E-state index contributed by atoms with van der Waals surface area (Å²) in [6.45, 7) is 8.31. The molecule has 1 saturated heterocycles. The molecule has 4 nitrogen and oxygen atoms in total. The van der Waals surface area contributed by atoms with Crippen molar-refractivity contribution < 1.29 is 5.11 Å². The van der Waals surface area contributed by atoms with Crippen molar-refractivity contribution >= 4 is 5.96 Å². The van der Waals surface area contributed by atoms with E-state index in [1.807, 2.05) is 6.92 Å². The van der Waals surface area contributed by atoms with Crippen molar-refractivity contribution in [2.75, 3.05) is 32.8 Å². The van der Waals surface area contributed by atoms with Crippen molar-refractivity contribution in [3.8, 4) is 0 Å². The van der Waals surface area contributed by atoms with Gasteiger partial charge in [-0.1, -0.05) is 26.2 Å². The van der Waals surface area contributed by atoms with Crippen LogP contribution in [0.2, 0.25) is 0 Å². The third-order valence-corrected chi connectivity index (χ3v) is 4.85. The molecule has 1 atom stereocenters. The summed E-state index contributed by atoms with van der Waals surface area (Å²) in [4.78, 5) is 7.16. The minimum atomic E-state index is 0.215. The van der Waals surface area contributed by atoms with Gasteiger partial charge in [0.25, 0.3) is 0 Å². The third kappa shape index (κ3) is 3.87. The van der Waals surface area contributed by atoms with Gasteiger partial charge in [0.15, 0.2) is 5.96 Å². The maximum atomic E-state index is 9.14. The van der Waals surface area contributed by atoms with E-state index >= 15 is 0 Å².